The van der Waals surface area contributed by atoms with Crippen LogP contribution in [0.5, 0.6) is 17.4 Å². The Morgan fingerprint density at radius 1 is 1.24 bits per heavy atom. The Bertz CT molecular complexity index is 724. The Morgan fingerprint density at radius 3 is 2.80 bits per heavy atom. The van der Waals surface area contributed by atoms with E-state index in [9.17, 15) is 4.79 Å². The van der Waals surface area contributed by atoms with Gasteiger partial charge in [0.25, 0.3) is 0 Å². The summed E-state index contributed by atoms with van der Waals surface area (Å²) in [6, 6.07) is 5.52. The van der Waals surface area contributed by atoms with Crippen molar-refractivity contribution in [1.82, 2.24) is 14.9 Å². The van der Waals surface area contributed by atoms with Crippen LogP contribution in [0.1, 0.15) is 12.0 Å². The highest BCUT2D eigenvalue weighted by Crippen LogP contribution is 2.28. The van der Waals surface area contributed by atoms with Crippen molar-refractivity contribution in [3.8, 4) is 17.4 Å². The number of hydrogen-bond acceptors (Lipinski definition) is 6. The van der Waals surface area contributed by atoms with Crippen LogP contribution in [0.3, 0.4) is 0 Å². The highest BCUT2D eigenvalue weighted by atomic mass is 16.5. The van der Waals surface area contributed by atoms with Crippen LogP contribution < -0.4 is 14.2 Å². The summed E-state index contributed by atoms with van der Waals surface area (Å²) in [7, 11) is 3.17. The molecule has 7 nitrogen and oxygen atoms in total. The van der Waals surface area contributed by atoms with Gasteiger partial charge in [-0.2, -0.15) is 0 Å². The van der Waals surface area contributed by atoms with Gasteiger partial charge < -0.3 is 19.1 Å². The highest BCUT2D eigenvalue weighted by Gasteiger charge is 2.28. The van der Waals surface area contributed by atoms with E-state index >= 15 is 0 Å². The summed E-state index contributed by atoms with van der Waals surface area (Å²) in [4.78, 5) is 22.4. The standard InChI is InChI=1S/C18H21N3O4/c1-23-15-4-3-13(9-16(15)24-2)10-18(22)21-8-5-14(12-21)25-17-11-19-6-7-20-17/h3-4,6-7,9,11,14H,5,8,10,12H2,1-2H3. The first-order valence-electron chi connectivity index (χ1n) is 8.11. The number of benzene rings is 1. The molecular formula is C18H21N3O4. The number of hydrogen-bond donors (Lipinski definition) is 0. The lowest BCUT2D eigenvalue weighted by molar-refractivity contribution is -0.129. The molecule has 0 spiro atoms. The summed E-state index contributed by atoms with van der Waals surface area (Å²) in [5.74, 6) is 1.83. The fourth-order valence-corrected chi connectivity index (χ4v) is 2.84. The van der Waals surface area contributed by atoms with Gasteiger partial charge in [0.2, 0.25) is 11.8 Å². The van der Waals surface area contributed by atoms with E-state index in [1.54, 1.807) is 32.8 Å². The first-order valence-corrected chi connectivity index (χ1v) is 8.11. The van der Waals surface area contributed by atoms with Crippen LogP contribution in [-0.2, 0) is 11.2 Å². The Hall–Kier alpha value is -2.83. The second kappa shape index (κ2) is 7.83. The number of rotatable bonds is 6. The lowest BCUT2D eigenvalue weighted by Crippen LogP contribution is -2.32. The second-order valence-electron chi connectivity index (χ2n) is 5.78. The summed E-state index contributed by atoms with van der Waals surface area (Å²) < 4.78 is 16.3. The molecule has 25 heavy (non-hydrogen) atoms. The molecule has 3 rings (SSSR count). The maximum absolute atomic E-state index is 12.5. The minimum atomic E-state index is -0.0500. The minimum Gasteiger partial charge on any atom is -0.493 e. The zero-order chi connectivity index (χ0) is 17.6. The SMILES string of the molecule is COc1ccc(CC(=O)N2CCC(Oc3cnccn3)C2)cc1OC. The molecule has 0 N–H and O–H groups in total. The maximum Gasteiger partial charge on any atom is 0.232 e. The third kappa shape index (κ3) is 4.17. The second-order valence-corrected chi connectivity index (χ2v) is 5.78. The molecule has 2 heterocycles. The first-order chi connectivity index (χ1) is 12.2. The normalized spacial score (nSPS) is 16.6. The molecule has 1 saturated heterocycles. The predicted molar refractivity (Wildman–Crippen MR) is 90.9 cm³/mol. The minimum absolute atomic E-state index is 0.0500. The summed E-state index contributed by atoms with van der Waals surface area (Å²) in [6.45, 7) is 1.24. The molecule has 7 heteroatoms. The van der Waals surface area contributed by atoms with Gasteiger partial charge in [-0.05, 0) is 17.7 Å². The van der Waals surface area contributed by atoms with Crippen molar-refractivity contribution < 1.29 is 19.0 Å². The van der Waals surface area contributed by atoms with E-state index in [1.165, 1.54) is 0 Å². The Kier molecular flexibility index (Phi) is 5.33. The maximum atomic E-state index is 12.5. The predicted octanol–water partition coefficient (Wildman–Crippen LogP) is 1.72. The molecule has 0 bridgehead atoms. The van der Waals surface area contributed by atoms with Crippen LogP contribution >= 0.6 is 0 Å². The molecule has 1 aromatic carbocycles. The zero-order valence-electron chi connectivity index (χ0n) is 14.3. The van der Waals surface area contributed by atoms with Crippen molar-refractivity contribution in [2.24, 2.45) is 0 Å². The molecule has 1 aliphatic rings. The summed E-state index contributed by atoms with van der Waals surface area (Å²) in [5, 5.41) is 0. The number of amides is 1. The molecule has 2 aromatic rings. The number of ether oxygens (including phenoxy) is 3. The zero-order valence-corrected chi connectivity index (χ0v) is 14.3. The van der Waals surface area contributed by atoms with Gasteiger partial charge in [0.1, 0.15) is 6.10 Å². The Balaban J connectivity index is 1.57. The number of methoxy groups -OCH3 is 2. The highest BCUT2D eigenvalue weighted by molar-refractivity contribution is 5.79. The van der Waals surface area contributed by atoms with Crippen molar-refractivity contribution in [1.29, 1.82) is 0 Å². The third-order valence-corrected chi connectivity index (χ3v) is 4.13. The smallest absolute Gasteiger partial charge is 0.232 e. The summed E-state index contributed by atoms with van der Waals surface area (Å²) in [5.41, 5.74) is 0.890. The van der Waals surface area contributed by atoms with Gasteiger partial charge in [0.05, 0.1) is 33.4 Å². The van der Waals surface area contributed by atoms with Gasteiger partial charge in [0, 0.05) is 25.4 Å². The molecule has 1 unspecified atom stereocenters. The third-order valence-electron chi connectivity index (χ3n) is 4.13. The lowest BCUT2D eigenvalue weighted by atomic mass is 10.1. The Morgan fingerprint density at radius 2 is 2.08 bits per heavy atom. The van der Waals surface area contributed by atoms with E-state index in [4.69, 9.17) is 14.2 Å². The average molecular weight is 343 g/mol. The van der Waals surface area contributed by atoms with Crippen LogP contribution in [0.15, 0.2) is 36.8 Å². The quantitative estimate of drug-likeness (QED) is 0.795. The molecular weight excluding hydrogens is 322 g/mol. The fourth-order valence-electron chi connectivity index (χ4n) is 2.84. The molecule has 1 fully saturated rings. The largest absolute Gasteiger partial charge is 0.493 e. The van der Waals surface area contributed by atoms with E-state index in [0.29, 0.717) is 36.9 Å². The monoisotopic (exact) mass is 343 g/mol. The van der Waals surface area contributed by atoms with Crippen LogP contribution in [-0.4, -0.2) is 54.2 Å². The molecule has 0 saturated carbocycles. The molecule has 1 aromatic heterocycles. The number of nitrogens with zero attached hydrogens (tertiary/aromatic N) is 3. The van der Waals surface area contributed by atoms with E-state index in [-0.39, 0.29) is 12.0 Å². The van der Waals surface area contributed by atoms with Gasteiger partial charge in [-0.3, -0.25) is 9.78 Å². The van der Waals surface area contributed by atoms with Crippen LogP contribution in [0.25, 0.3) is 0 Å². The Labute approximate surface area is 146 Å². The topological polar surface area (TPSA) is 73.8 Å². The van der Waals surface area contributed by atoms with E-state index in [0.717, 1.165) is 12.0 Å². The van der Waals surface area contributed by atoms with Crippen LogP contribution in [0.2, 0.25) is 0 Å². The van der Waals surface area contributed by atoms with Gasteiger partial charge in [-0.25, -0.2) is 4.98 Å². The average Bonchev–Trinajstić information content (AvgIpc) is 3.11. The number of carbonyl (C=O) groups is 1. The fraction of sp³-hybridized carbons (Fsp3) is 0.389. The van der Waals surface area contributed by atoms with Crippen LogP contribution in [0.4, 0.5) is 0 Å². The summed E-state index contributed by atoms with van der Waals surface area (Å²) in [6.07, 6.45) is 5.82. The molecule has 132 valence electrons. The lowest BCUT2D eigenvalue weighted by Gasteiger charge is -2.17. The van der Waals surface area contributed by atoms with E-state index in [1.807, 2.05) is 23.1 Å². The van der Waals surface area contributed by atoms with Gasteiger partial charge in [-0.15, -0.1) is 0 Å². The van der Waals surface area contributed by atoms with Crippen molar-refractivity contribution >= 4 is 5.91 Å². The van der Waals surface area contributed by atoms with Crippen molar-refractivity contribution in [3.05, 3.63) is 42.4 Å². The van der Waals surface area contributed by atoms with E-state index in [2.05, 4.69) is 9.97 Å². The van der Waals surface area contributed by atoms with Crippen molar-refractivity contribution in [3.63, 3.8) is 0 Å². The molecule has 0 aliphatic carbocycles. The number of aromatic nitrogens is 2. The number of carbonyl (C=O) groups excluding carboxylic acids is 1. The first kappa shape index (κ1) is 17.0. The molecule has 1 aliphatic heterocycles. The van der Waals surface area contributed by atoms with Crippen molar-refractivity contribution in [2.45, 2.75) is 18.9 Å². The van der Waals surface area contributed by atoms with Gasteiger partial charge in [-0.1, -0.05) is 6.07 Å². The molecule has 0 radical (unpaired) electrons. The van der Waals surface area contributed by atoms with Gasteiger partial charge in [0.15, 0.2) is 11.5 Å². The molecule has 1 amide bonds. The summed E-state index contributed by atoms with van der Waals surface area (Å²) >= 11 is 0. The van der Waals surface area contributed by atoms with Crippen LogP contribution in [0, 0.1) is 0 Å². The number of likely N-dealkylation sites (tertiary alicyclic amines) is 1. The van der Waals surface area contributed by atoms with E-state index < -0.39 is 0 Å². The molecule has 1 atom stereocenters. The van der Waals surface area contributed by atoms with Gasteiger partial charge >= 0.3 is 0 Å². The van der Waals surface area contributed by atoms with Crippen molar-refractivity contribution in [2.75, 3.05) is 27.3 Å².